The third-order valence-corrected chi connectivity index (χ3v) is 5.99. The van der Waals surface area contributed by atoms with Crippen LogP contribution in [0.2, 0.25) is 0 Å². The standard InChI is InChI=1S/C19H20NO2S/c1-20(2,18-10-4-3-5-11-18)15-23(21,22)19-13-12-16-8-6-7-9-17(16)14-19/h3-14H,15H2,1-2H3/q+1. The molecule has 3 aromatic rings. The molecule has 0 heterocycles. The van der Waals surface area contributed by atoms with E-state index in [1.807, 2.05) is 74.8 Å². The monoisotopic (exact) mass is 326 g/mol. The first-order valence-electron chi connectivity index (χ1n) is 7.49. The highest BCUT2D eigenvalue weighted by molar-refractivity contribution is 7.91. The van der Waals surface area contributed by atoms with Gasteiger partial charge in [-0.25, -0.2) is 8.42 Å². The van der Waals surface area contributed by atoms with Crippen molar-refractivity contribution in [3.05, 3.63) is 72.8 Å². The largest absolute Gasteiger partial charge is 0.283 e. The molecule has 0 spiro atoms. The molecule has 3 rings (SSSR count). The van der Waals surface area contributed by atoms with E-state index in [0.717, 1.165) is 16.5 Å². The average molecular weight is 326 g/mol. The molecule has 0 radical (unpaired) electrons. The maximum Gasteiger partial charge on any atom is 0.229 e. The fourth-order valence-corrected chi connectivity index (χ4v) is 4.50. The Labute approximate surface area is 137 Å². The maximum atomic E-state index is 12.8. The van der Waals surface area contributed by atoms with Crippen LogP contribution in [-0.4, -0.2) is 28.4 Å². The van der Waals surface area contributed by atoms with Crippen molar-refractivity contribution in [2.45, 2.75) is 4.90 Å². The molecule has 3 aromatic carbocycles. The van der Waals surface area contributed by atoms with Gasteiger partial charge >= 0.3 is 0 Å². The molecule has 3 nitrogen and oxygen atoms in total. The molecule has 118 valence electrons. The predicted octanol–water partition coefficient (Wildman–Crippen LogP) is 3.84. The topological polar surface area (TPSA) is 34.1 Å². The van der Waals surface area contributed by atoms with E-state index in [-0.39, 0.29) is 10.4 Å². The number of sulfone groups is 1. The summed E-state index contributed by atoms with van der Waals surface area (Å²) in [5.74, 6) is 0.0232. The molecule has 0 fully saturated rings. The smallest absolute Gasteiger partial charge is 0.229 e. The number of quaternary nitrogens is 1. The summed E-state index contributed by atoms with van der Waals surface area (Å²) in [5.41, 5.74) is 0.969. The molecule has 0 amide bonds. The Bertz CT molecular complexity index is 932. The quantitative estimate of drug-likeness (QED) is 0.683. The van der Waals surface area contributed by atoms with Crippen molar-refractivity contribution in [1.82, 2.24) is 4.48 Å². The van der Waals surface area contributed by atoms with Gasteiger partial charge in [-0.1, -0.05) is 48.5 Å². The van der Waals surface area contributed by atoms with Crippen molar-refractivity contribution in [2.75, 3.05) is 20.0 Å². The van der Waals surface area contributed by atoms with Crippen LogP contribution in [0.25, 0.3) is 10.8 Å². The minimum Gasteiger partial charge on any atom is -0.283 e. The summed E-state index contributed by atoms with van der Waals surface area (Å²) in [6.45, 7) is 0. The Hall–Kier alpha value is -2.17. The van der Waals surface area contributed by atoms with Crippen LogP contribution in [0.3, 0.4) is 0 Å². The van der Waals surface area contributed by atoms with E-state index >= 15 is 0 Å². The summed E-state index contributed by atoms with van der Waals surface area (Å²) in [7, 11) is 0.436. The number of hydrogen-bond acceptors (Lipinski definition) is 2. The van der Waals surface area contributed by atoms with E-state index in [9.17, 15) is 8.42 Å². The maximum absolute atomic E-state index is 12.8. The summed E-state index contributed by atoms with van der Waals surface area (Å²) in [6.07, 6.45) is 0. The number of fused-ring (bicyclic) bond motifs is 1. The van der Waals surface area contributed by atoms with E-state index in [2.05, 4.69) is 0 Å². The third kappa shape index (κ3) is 3.28. The molecule has 4 heteroatoms. The zero-order valence-corrected chi connectivity index (χ0v) is 14.1. The second-order valence-corrected chi connectivity index (χ2v) is 8.23. The number of para-hydroxylation sites is 1. The van der Waals surface area contributed by atoms with Crippen LogP contribution in [-0.2, 0) is 9.84 Å². The van der Waals surface area contributed by atoms with Crippen molar-refractivity contribution in [3.63, 3.8) is 0 Å². The summed E-state index contributed by atoms with van der Waals surface area (Å²) in [6, 6.07) is 22.8. The normalized spacial score (nSPS) is 12.4. The molecule has 0 N–H and O–H groups in total. The molecule has 0 bridgehead atoms. The van der Waals surface area contributed by atoms with Gasteiger partial charge in [-0.3, -0.25) is 4.48 Å². The Morgan fingerprint density at radius 2 is 1.39 bits per heavy atom. The predicted molar refractivity (Wildman–Crippen MR) is 96.1 cm³/mol. The second kappa shape index (κ2) is 5.80. The molecule has 0 aliphatic carbocycles. The first kappa shape index (κ1) is 15.7. The first-order valence-corrected chi connectivity index (χ1v) is 9.14. The summed E-state index contributed by atoms with van der Waals surface area (Å²) >= 11 is 0. The summed E-state index contributed by atoms with van der Waals surface area (Å²) < 4.78 is 26.0. The highest BCUT2D eigenvalue weighted by Crippen LogP contribution is 2.24. The van der Waals surface area contributed by atoms with Gasteiger partial charge in [0.1, 0.15) is 5.69 Å². The Morgan fingerprint density at radius 1 is 0.783 bits per heavy atom. The number of rotatable bonds is 4. The molecule has 0 saturated carbocycles. The molecule has 0 atom stereocenters. The van der Waals surface area contributed by atoms with E-state index in [4.69, 9.17) is 0 Å². The van der Waals surface area contributed by atoms with Crippen LogP contribution < -0.4 is 4.48 Å². The Morgan fingerprint density at radius 3 is 2.09 bits per heavy atom. The van der Waals surface area contributed by atoms with Crippen molar-refractivity contribution >= 4 is 26.3 Å². The van der Waals surface area contributed by atoms with Gasteiger partial charge in [0.05, 0.1) is 19.0 Å². The van der Waals surface area contributed by atoms with Crippen LogP contribution in [0.15, 0.2) is 77.7 Å². The van der Waals surface area contributed by atoms with Gasteiger partial charge in [0, 0.05) is 0 Å². The van der Waals surface area contributed by atoms with Crippen LogP contribution in [0.4, 0.5) is 5.69 Å². The Balaban J connectivity index is 1.97. The van der Waals surface area contributed by atoms with E-state index in [1.54, 1.807) is 12.1 Å². The molecule has 0 aliphatic rings. The van der Waals surface area contributed by atoms with Crippen LogP contribution >= 0.6 is 0 Å². The van der Waals surface area contributed by atoms with Gasteiger partial charge in [-0.05, 0) is 35.0 Å². The highest BCUT2D eigenvalue weighted by Gasteiger charge is 2.28. The number of nitrogens with zero attached hydrogens (tertiary/aromatic N) is 1. The first-order chi connectivity index (χ1) is 10.9. The number of hydrogen-bond donors (Lipinski definition) is 0. The van der Waals surface area contributed by atoms with Gasteiger partial charge in [0.25, 0.3) is 0 Å². The van der Waals surface area contributed by atoms with Crippen LogP contribution in [0, 0.1) is 0 Å². The lowest BCUT2D eigenvalue weighted by Gasteiger charge is -2.28. The molecule has 0 aromatic heterocycles. The molecular weight excluding hydrogens is 306 g/mol. The lowest BCUT2D eigenvalue weighted by atomic mass is 10.1. The molecule has 0 unspecified atom stereocenters. The van der Waals surface area contributed by atoms with Gasteiger partial charge in [0.2, 0.25) is 9.84 Å². The molecule has 0 saturated heterocycles. The van der Waals surface area contributed by atoms with Gasteiger partial charge in [0.15, 0.2) is 5.88 Å². The fourth-order valence-electron chi connectivity index (χ4n) is 2.77. The van der Waals surface area contributed by atoms with E-state index < -0.39 is 9.84 Å². The Kier molecular flexibility index (Phi) is 3.96. The van der Waals surface area contributed by atoms with Gasteiger partial charge < -0.3 is 0 Å². The summed E-state index contributed by atoms with van der Waals surface area (Å²) in [4.78, 5) is 0.373. The average Bonchev–Trinajstić information content (AvgIpc) is 2.54. The van der Waals surface area contributed by atoms with E-state index in [0.29, 0.717) is 4.90 Å². The third-order valence-electron chi connectivity index (χ3n) is 4.03. The van der Waals surface area contributed by atoms with Crippen molar-refractivity contribution in [3.8, 4) is 0 Å². The molecule has 23 heavy (non-hydrogen) atoms. The van der Waals surface area contributed by atoms with E-state index in [1.165, 1.54) is 0 Å². The lowest BCUT2D eigenvalue weighted by Crippen LogP contribution is -2.44. The SMILES string of the molecule is C[N+](C)(CS(=O)(=O)c1ccc2ccccc2c1)c1ccccc1. The highest BCUT2D eigenvalue weighted by atomic mass is 32.2. The zero-order valence-electron chi connectivity index (χ0n) is 13.3. The lowest BCUT2D eigenvalue weighted by molar-refractivity contribution is 0.448. The van der Waals surface area contributed by atoms with Crippen LogP contribution in [0.1, 0.15) is 0 Å². The van der Waals surface area contributed by atoms with Crippen LogP contribution in [0.5, 0.6) is 0 Å². The number of benzene rings is 3. The fraction of sp³-hybridized carbons (Fsp3) is 0.158. The van der Waals surface area contributed by atoms with Gasteiger partial charge in [-0.2, -0.15) is 0 Å². The minimum absolute atomic E-state index is 0.0232. The molecule has 0 aliphatic heterocycles. The zero-order chi connectivity index (χ0) is 16.5. The van der Waals surface area contributed by atoms with Crippen molar-refractivity contribution in [2.24, 2.45) is 0 Å². The molecular formula is C19H20NO2S+. The van der Waals surface area contributed by atoms with Crippen molar-refractivity contribution < 1.29 is 8.42 Å². The van der Waals surface area contributed by atoms with Gasteiger partial charge in [-0.15, -0.1) is 0 Å². The van der Waals surface area contributed by atoms with Crippen molar-refractivity contribution in [1.29, 1.82) is 0 Å². The second-order valence-electron chi connectivity index (χ2n) is 6.27. The summed E-state index contributed by atoms with van der Waals surface area (Å²) in [5, 5.41) is 1.99. The minimum atomic E-state index is -3.39.